The highest BCUT2D eigenvalue weighted by Gasteiger charge is 2.52. The number of methoxy groups -OCH3 is 1. The van der Waals surface area contributed by atoms with Gasteiger partial charge in [-0.3, -0.25) is 4.90 Å². The van der Waals surface area contributed by atoms with E-state index < -0.39 is 11.2 Å². The molecule has 41 heavy (non-hydrogen) atoms. The Morgan fingerprint density at radius 3 is 2.49 bits per heavy atom. The predicted molar refractivity (Wildman–Crippen MR) is 152 cm³/mol. The summed E-state index contributed by atoms with van der Waals surface area (Å²) in [5.74, 6) is 1.79. The molecule has 0 spiro atoms. The molecular weight excluding hydrogens is 521 g/mol. The molecule has 7 heterocycles. The molecule has 3 unspecified atom stereocenters. The lowest BCUT2D eigenvalue weighted by molar-refractivity contribution is -0.157. The fourth-order valence-corrected chi connectivity index (χ4v) is 5.69. The zero-order valence-corrected chi connectivity index (χ0v) is 23.1. The van der Waals surface area contributed by atoms with Gasteiger partial charge in [-0.05, 0) is 44.5 Å². The quantitative estimate of drug-likeness (QED) is 0.314. The average Bonchev–Trinajstić information content (AvgIpc) is 3.38. The van der Waals surface area contributed by atoms with Gasteiger partial charge in [-0.15, -0.1) is 0 Å². The van der Waals surface area contributed by atoms with Gasteiger partial charge in [0.25, 0.3) is 0 Å². The van der Waals surface area contributed by atoms with E-state index in [0.717, 1.165) is 23.4 Å². The number of nitrogens with zero attached hydrogens (tertiary/aromatic N) is 7. The first kappa shape index (κ1) is 27.0. The van der Waals surface area contributed by atoms with Gasteiger partial charge in [-0.25, -0.2) is 14.5 Å². The molecule has 208 valence electrons. The second-order valence-electron chi connectivity index (χ2n) is 11.2. The van der Waals surface area contributed by atoms with Crippen LogP contribution in [0.1, 0.15) is 31.4 Å². The highest BCUT2D eigenvalue weighted by atomic mass is 16.5. The highest BCUT2D eigenvalue weighted by Crippen LogP contribution is 2.42. The van der Waals surface area contributed by atoms with E-state index in [-0.39, 0.29) is 18.7 Å². The molecule has 0 aliphatic carbocycles. The average molecular weight is 551 g/mol. The van der Waals surface area contributed by atoms with E-state index in [9.17, 15) is 15.5 Å². The summed E-state index contributed by atoms with van der Waals surface area (Å²) < 4.78 is 12.6. The van der Waals surface area contributed by atoms with Crippen molar-refractivity contribution in [3.63, 3.8) is 0 Å². The Bertz CT molecular complexity index is 1600. The number of fused-ring (bicyclic) bond motifs is 3. The molecule has 3 aliphatic rings. The van der Waals surface area contributed by atoms with Gasteiger partial charge in [0.2, 0.25) is 5.88 Å². The number of pyridine rings is 3. The van der Waals surface area contributed by atoms with E-state index in [0.29, 0.717) is 41.4 Å². The van der Waals surface area contributed by atoms with Crippen molar-refractivity contribution in [2.24, 2.45) is 0 Å². The maximum atomic E-state index is 11.2. The van der Waals surface area contributed by atoms with E-state index in [1.54, 1.807) is 56.2 Å². The molecule has 3 fully saturated rings. The summed E-state index contributed by atoms with van der Waals surface area (Å²) >= 11 is 0. The van der Waals surface area contributed by atoms with E-state index in [4.69, 9.17) is 22.3 Å². The smallest absolute Gasteiger partial charge is 0.212 e. The standard InChI is InChI=1S/C29H30BN7O4/c1-28(2,38)17-41-23-9-24(27-19(10-31)12-34-36(27)16-23)18-4-6-25(32-11-18)35-14-21-8-22(15-35)37(21)29(30,39)20-5-7-26(40-3)33-13-20/h4-7,9,11-13,16,21-22,38-39H,8,14-15,17H2,1-3H3. The molecule has 3 aliphatic heterocycles. The minimum Gasteiger partial charge on any atom is -0.489 e. The Kier molecular flexibility index (Phi) is 6.61. The first-order valence-corrected chi connectivity index (χ1v) is 13.4. The van der Waals surface area contributed by atoms with Crippen molar-refractivity contribution < 1.29 is 19.7 Å². The molecule has 11 nitrogen and oxygen atoms in total. The monoisotopic (exact) mass is 551 g/mol. The minimum absolute atomic E-state index is 0.0570. The maximum absolute atomic E-state index is 11.2. The molecule has 0 saturated carbocycles. The van der Waals surface area contributed by atoms with E-state index >= 15 is 0 Å². The van der Waals surface area contributed by atoms with E-state index in [1.807, 2.05) is 23.1 Å². The van der Waals surface area contributed by atoms with Crippen LogP contribution in [0.2, 0.25) is 0 Å². The fourth-order valence-electron chi connectivity index (χ4n) is 5.69. The van der Waals surface area contributed by atoms with Gasteiger partial charge >= 0.3 is 0 Å². The lowest BCUT2D eigenvalue weighted by Crippen LogP contribution is -2.74. The van der Waals surface area contributed by atoms with Gasteiger partial charge in [0, 0.05) is 60.3 Å². The lowest BCUT2D eigenvalue weighted by atomic mass is 9.74. The molecule has 7 rings (SSSR count). The summed E-state index contributed by atoms with van der Waals surface area (Å²) in [6, 6.07) is 11.5. The largest absolute Gasteiger partial charge is 0.489 e. The fraction of sp³-hybridized carbons (Fsp3) is 0.379. The van der Waals surface area contributed by atoms with Crippen LogP contribution in [0.25, 0.3) is 16.6 Å². The highest BCUT2D eigenvalue weighted by molar-refractivity contribution is 6.14. The van der Waals surface area contributed by atoms with Gasteiger partial charge in [0.15, 0.2) is 0 Å². The van der Waals surface area contributed by atoms with Gasteiger partial charge in [0.1, 0.15) is 32.1 Å². The molecule has 2 N–H and O–H groups in total. The summed E-state index contributed by atoms with van der Waals surface area (Å²) in [5, 5.41) is 35.3. The summed E-state index contributed by atoms with van der Waals surface area (Å²) in [6.07, 6.45) is 7.47. The van der Waals surface area contributed by atoms with Crippen molar-refractivity contribution in [1.82, 2.24) is 24.5 Å². The third kappa shape index (κ3) is 4.97. The SMILES string of the molecule is [B]C(O)(c1ccc(OC)nc1)N1C2CC1CN(c1ccc(-c3cc(OCC(C)(C)O)cn4ncc(C#N)c34)cn1)C2. The molecule has 0 amide bonds. The van der Waals surface area contributed by atoms with Crippen LogP contribution in [-0.2, 0) is 5.62 Å². The number of hydrogen-bond donors (Lipinski definition) is 2. The maximum Gasteiger partial charge on any atom is 0.212 e. The lowest BCUT2D eigenvalue weighted by Gasteiger charge is -2.61. The van der Waals surface area contributed by atoms with Gasteiger partial charge < -0.3 is 24.6 Å². The Morgan fingerprint density at radius 1 is 1.10 bits per heavy atom. The van der Waals surface area contributed by atoms with Crippen LogP contribution in [0.5, 0.6) is 11.6 Å². The van der Waals surface area contributed by atoms with Crippen LogP contribution in [0.4, 0.5) is 5.82 Å². The van der Waals surface area contributed by atoms with E-state index in [2.05, 4.69) is 21.1 Å². The number of rotatable bonds is 8. The molecule has 4 aromatic heterocycles. The van der Waals surface area contributed by atoms with Crippen LogP contribution >= 0.6 is 0 Å². The third-order valence-corrected chi connectivity index (χ3v) is 7.64. The van der Waals surface area contributed by atoms with Crippen molar-refractivity contribution in [3.8, 4) is 28.8 Å². The van der Waals surface area contributed by atoms with Gasteiger partial charge in [0.05, 0.1) is 41.8 Å². The molecule has 2 radical (unpaired) electrons. The number of ether oxygens (including phenoxy) is 2. The Morgan fingerprint density at radius 2 is 1.88 bits per heavy atom. The van der Waals surface area contributed by atoms with Gasteiger partial charge in [-0.1, -0.05) is 0 Å². The molecule has 2 bridgehead atoms. The third-order valence-electron chi connectivity index (χ3n) is 7.64. The Balaban J connectivity index is 1.22. The van der Waals surface area contributed by atoms with Crippen molar-refractivity contribution in [2.75, 3.05) is 31.7 Å². The first-order valence-electron chi connectivity index (χ1n) is 13.4. The molecule has 4 aromatic rings. The summed E-state index contributed by atoms with van der Waals surface area (Å²) in [7, 11) is 7.96. The first-order chi connectivity index (χ1) is 19.6. The zero-order chi connectivity index (χ0) is 28.9. The van der Waals surface area contributed by atoms with Crippen molar-refractivity contribution in [1.29, 1.82) is 5.26 Å². The second-order valence-corrected chi connectivity index (χ2v) is 11.2. The molecule has 3 atom stereocenters. The van der Waals surface area contributed by atoms with Crippen LogP contribution in [0, 0.1) is 11.3 Å². The number of piperidine rings is 1. The molecule has 3 saturated heterocycles. The van der Waals surface area contributed by atoms with Crippen molar-refractivity contribution in [2.45, 2.75) is 43.6 Å². The number of aliphatic hydroxyl groups is 2. The van der Waals surface area contributed by atoms with Crippen molar-refractivity contribution in [3.05, 3.63) is 66.2 Å². The predicted octanol–water partition coefficient (Wildman–Crippen LogP) is 2.06. The number of hydrogen-bond acceptors (Lipinski definition) is 10. The number of piperazine rings is 1. The Labute approximate surface area is 239 Å². The number of aromatic nitrogens is 4. The van der Waals surface area contributed by atoms with Crippen LogP contribution in [0.3, 0.4) is 0 Å². The van der Waals surface area contributed by atoms with Crippen LogP contribution in [0.15, 0.2) is 55.1 Å². The Hall–Kier alpha value is -4.18. The van der Waals surface area contributed by atoms with Crippen LogP contribution in [-0.4, -0.2) is 87.0 Å². The molecule has 0 aromatic carbocycles. The minimum atomic E-state index is -1.64. The topological polar surface area (TPSA) is 132 Å². The summed E-state index contributed by atoms with van der Waals surface area (Å²) in [4.78, 5) is 13.1. The number of anilines is 1. The molecular formula is C29H30BN7O4. The summed E-state index contributed by atoms with van der Waals surface area (Å²) in [6.45, 7) is 4.77. The van der Waals surface area contributed by atoms with Crippen LogP contribution < -0.4 is 14.4 Å². The zero-order valence-electron chi connectivity index (χ0n) is 23.1. The second kappa shape index (κ2) is 10.0. The summed E-state index contributed by atoms with van der Waals surface area (Å²) in [5.41, 5.74) is 0.524. The van der Waals surface area contributed by atoms with E-state index in [1.165, 1.54) is 6.20 Å². The number of nitriles is 1. The molecule has 12 heteroatoms. The van der Waals surface area contributed by atoms with Gasteiger partial charge in [-0.2, -0.15) is 10.4 Å². The normalized spacial score (nSPS) is 20.2. The van der Waals surface area contributed by atoms with Crippen molar-refractivity contribution >= 4 is 19.2 Å².